The fourth-order valence-electron chi connectivity index (χ4n) is 4.23. The van der Waals surface area contributed by atoms with Crippen LogP contribution in [0.1, 0.15) is 30.4 Å². The Morgan fingerprint density at radius 1 is 1.03 bits per heavy atom. The molecule has 0 spiro atoms. The molecule has 0 saturated carbocycles. The molecule has 0 atom stereocenters. The van der Waals surface area contributed by atoms with Gasteiger partial charge >= 0.3 is 5.97 Å². The molecule has 2 aliphatic heterocycles. The zero-order valence-electron chi connectivity index (χ0n) is 16.8. The Balaban J connectivity index is 1.55. The summed E-state index contributed by atoms with van der Waals surface area (Å²) in [4.78, 5) is 19.7. The normalized spacial score (nSPS) is 22.0. The third kappa shape index (κ3) is 3.30. The van der Waals surface area contributed by atoms with E-state index in [-0.39, 0.29) is 5.97 Å². The molecule has 0 saturated heterocycles. The number of hydrogen-bond acceptors (Lipinski definition) is 4. The van der Waals surface area contributed by atoms with Crippen molar-refractivity contribution < 1.29 is 9.63 Å². The molecule has 5 rings (SSSR count). The van der Waals surface area contributed by atoms with E-state index in [2.05, 4.69) is 65.8 Å². The number of carbonyl (C=O) groups is 1. The third-order valence-electron chi connectivity index (χ3n) is 5.71. The van der Waals surface area contributed by atoms with Gasteiger partial charge in [-0.05, 0) is 48.1 Å². The van der Waals surface area contributed by atoms with Crippen LogP contribution in [0, 0.1) is 0 Å². The lowest BCUT2D eigenvalue weighted by atomic mass is 9.87. The first-order valence-electron chi connectivity index (χ1n) is 10.2. The minimum absolute atomic E-state index is 0.362. The Morgan fingerprint density at radius 2 is 1.83 bits per heavy atom. The van der Waals surface area contributed by atoms with Crippen molar-refractivity contribution in [3.63, 3.8) is 0 Å². The lowest BCUT2D eigenvalue weighted by Crippen LogP contribution is -2.13. The van der Waals surface area contributed by atoms with Gasteiger partial charge in [-0.1, -0.05) is 65.8 Å². The van der Waals surface area contributed by atoms with E-state index in [1.54, 1.807) is 0 Å². The topological polar surface area (TPSA) is 41.9 Å². The number of oxime groups is 1. The van der Waals surface area contributed by atoms with Crippen molar-refractivity contribution in [1.82, 2.24) is 0 Å². The number of para-hydroxylation sites is 1. The zero-order valence-corrected chi connectivity index (χ0v) is 16.8. The van der Waals surface area contributed by atoms with Gasteiger partial charge in [0.05, 0.1) is 5.57 Å². The first kappa shape index (κ1) is 18.4. The minimum Gasteiger partial charge on any atom is -0.351 e. The summed E-state index contributed by atoms with van der Waals surface area (Å²) in [6.07, 6.45) is 11.4. The maximum atomic E-state index is 12.5. The van der Waals surface area contributed by atoms with Gasteiger partial charge < -0.3 is 9.74 Å². The molecule has 1 aliphatic carbocycles. The quantitative estimate of drug-likeness (QED) is 0.506. The van der Waals surface area contributed by atoms with Crippen LogP contribution in [0.3, 0.4) is 0 Å². The molecule has 4 heteroatoms. The Kier molecular flexibility index (Phi) is 4.68. The van der Waals surface area contributed by atoms with Crippen molar-refractivity contribution >= 4 is 22.9 Å². The van der Waals surface area contributed by atoms with Gasteiger partial charge in [-0.25, -0.2) is 4.79 Å². The van der Waals surface area contributed by atoms with Crippen LogP contribution >= 0.6 is 0 Å². The van der Waals surface area contributed by atoms with Crippen LogP contribution in [-0.4, -0.2) is 18.7 Å². The maximum Gasteiger partial charge on any atom is 0.368 e. The van der Waals surface area contributed by atoms with E-state index >= 15 is 0 Å². The summed E-state index contributed by atoms with van der Waals surface area (Å²) in [6, 6.07) is 18.2. The molecule has 2 heterocycles. The van der Waals surface area contributed by atoms with E-state index in [9.17, 15) is 4.79 Å². The van der Waals surface area contributed by atoms with Crippen LogP contribution < -0.4 is 4.90 Å². The number of rotatable bonds is 2. The van der Waals surface area contributed by atoms with Crippen molar-refractivity contribution in [2.75, 3.05) is 11.9 Å². The van der Waals surface area contributed by atoms with Gasteiger partial charge in [0.1, 0.15) is 5.71 Å². The summed E-state index contributed by atoms with van der Waals surface area (Å²) < 4.78 is 0. The number of fused-ring (bicyclic) bond motifs is 1. The summed E-state index contributed by atoms with van der Waals surface area (Å²) in [5.41, 5.74) is 7.94. The van der Waals surface area contributed by atoms with Crippen LogP contribution in [-0.2, 0) is 9.63 Å². The smallest absolute Gasteiger partial charge is 0.351 e. The van der Waals surface area contributed by atoms with Gasteiger partial charge in [0.25, 0.3) is 0 Å². The molecule has 0 radical (unpaired) electrons. The van der Waals surface area contributed by atoms with Crippen LogP contribution in [0.15, 0.2) is 101 Å². The molecule has 3 aliphatic rings. The first-order valence-corrected chi connectivity index (χ1v) is 10.2. The van der Waals surface area contributed by atoms with Gasteiger partial charge in [0.2, 0.25) is 0 Å². The molecule has 4 nitrogen and oxygen atoms in total. The van der Waals surface area contributed by atoms with Crippen molar-refractivity contribution in [2.24, 2.45) is 5.16 Å². The van der Waals surface area contributed by atoms with Crippen molar-refractivity contribution in [2.45, 2.75) is 19.3 Å². The number of anilines is 1. The average molecular weight is 394 g/mol. The van der Waals surface area contributed by atoms with E-state index in [1.807, 2.05) is 30.3 Å². The lowest BCUT2D eigenvalue weighted by molar-refractivity contribution is -0.136. The Hall–Kier alpha value is -3.66. The highest BCUT2D eigenvalue weighted by atomic mass is 16.7. The van der Waals surface area contributed by atoms with E-state index in [1.165, 1.54) is 22.4 Å². The van der Waals surface area contributed by atoms with Crippen molar-refractivity contribution in [3.05, 3.63) is 107 Å². The zero-order chi connectivity index (χ0) is 20.5. The number of allylic oxidation sites excluding steroid dienone is 6. The largest absolute Gasteiger partial charge is 0.368 e. The van der Waals surface area contributed by atoms with Gasteiger partial charge in [0, 0.05) is 30.1 Å². The van der Waals surface area contributed by atoms with Crippen molar-refractivity contribution in [3.8, 4) is 0 Å². The van der Waals surface area contributed by atoms with Gasteiger partial charge in [-0.15, -0.1) is 0 Å². The number of hydrogen-bond donors (Lipinski definition) is 0. The van der Waals surface area contributed by atoms with Crippen LogP contribution in [0.5, 0.6) is 0 Å². The molecule has 0 bridgehead atoms. The number of benzene rings is 2. The van der Waals surface area contributed by atoms with Crippen LogP contribution in [0.4, 0.5) is 5.69 Å². The fourth-order valence-corrected chi connectivity index (χ4v) is 4.23. The first-order chi connectivity index (χ1) is 14.7. The standard InChI is InChI=1S/C26H22N2O2/c1-28-15-14-20(22-12-5-6-13-23(22)28)16-18-8-7-11-21(17-18)24-25(27-30-26(24)29)19-9-3-2-4-10-19/h2-6,9-10,12-17H,7-8,11H2,1H3/b20-16+,24-21+. The molecule has 2 aromatic carbocycles. The highest BCUT2D eigenvalue weighted by Crippen LogP contribution is 2.35. The predicted octanol–water partition coefficient (Wildman–Crippen LogP) is 5.40. The summed E-state index contributed by atoms with van der Waals surface area (Å²) in [6.45, 7) is 0. The summed E-state index contributed by atoms with van der Waals surface area (Å²) in [5, 5.41) is 4.07. The third-order valence-corrected chi connectivity index (χ3v) is 5.71. The number of nitrogens with zero attached hydrogens (tertiary/aromatic N) is 2. The second kappa shape index (κ2) is 7.64. The predicted molar refractivity (Wildman–Crippen MR) is 120 cm³/mol. The lowest BCUT2D eigenvalue weighted by Gasteiger charge is -2.24. The molecule has 148 valence electrons. The van der Waals surface area contributed by atoms with Crippen molar-refractivity contribution in [1.29, 1.82) is 0 Å². The second-order valence-corrected chi connectivity index (χ2v) is 7.70. The highest BCUT2D eigenvalue weighted by Gasteiger charge is 2.30. The van der Waals surface area contributed by atoms with E-state index in [0.717, 1.165) is 30.4 Å². The highest BCUT2D eigenvalue weighted by molar-refractivity contribution is 6.29. The molecule has 0 N–H and O–H groups in total. The molecule has 0 amide bonds. The molecular formula is C26H22N2O2. The molecule has 0 fully saturated rings. The summed E-state index contributed by atoms with van der Waals surface area (Å²) in [5.74, 6) is -0.362. The van der Waals surface area contributed by atoms with E-state index in [4.69, 9.17) is 4.84 Å². The monoisotopic (exact) mass is 394 g/mol. The summed E-state index contributed by atoms with van der Waals surface area (Å²) in [7, 11) is 2.06. The minimum atomic E-state index is -0.362. The Morgan fingerprint density at radius 3 is 2.70 bits per heavy atom. The Labute approximate surface area is 176 Å². The molecule has 30 heavy (non-hydrogen) atoms. The molecule has 0 aromatic heterocycles. The maximum absolute atomic E-state index is 12.5. The molecular weight excluding hydrogens is 372 g/mol. The Bertz CT molecular complexity index is 1170. The molecule has 0 unspecified atom stereocenters. The SMILES string of the molecule is CN1C=C/C(=C\C2=CC(=C3/C(=O)ON=C3c3ccccc3)/CCC2)c2ccccc21. The second-order valence-electron chi connectivity index (χ2n) is 7.70. The van der Waals surface area contributed by atoms with Gasteiger partial charge in [-0.2, -0.15) is 0 Å². The summed E-state index contributed by atoms with van der Waals surface area (Å²) >= 11 is 0. The van der Waals surface area contributed by atoms with Crippen LogP contribution in [0.25, 0.3) is 5.57 Å². The van der Waals surface area contributed by atoms with E-state index in [0.29, 0.717) is 11.3 Å². The number of carbonyl (C=O) groups excluding carboxylic acids is 1. The van der Waals surface area contributed by atoms with Gasteiger partial charge in [-0.3, -0.25) is 0 Å². The fraction of sp³-hybridized carbons (Fsp3) is 0.154. The van der Waals surface area contributed by atoms with Crippen LogP contribution in [0.2, 0.25) is 0 Å². The average Bonchev–Trinajstić information content (AvgIpc) is 3.18. The van der Waals surface area contributed by atoms with Gasteiger partial charge in [0.15, 0.2) is 0 Å². The van der Waals surface area contributed by atoms with E-state index < -0.39 is 0 Å². The molecule has 2 aromatic rings.